The van der Waals surface area contributed by atoms with E-state index in [1.165, 1.54) is 19.3 Å². The molecule has 0 radical (unpaired) electrons. The van der Waals surface area contributed by atoms with Crippen LogP contribution in [0, 0.1) is 0 Å². The molecule has 0 aliphatic rings. The second-order valence-electron chi connectivity index (χ2n) is 4.07. The van der Waals surface area contributed by atoms with Crippen LogP contribution in [0.1, 0.15) is 52.9 Å². The van der Waals surface area contributed by atoms with Crippen LogP contribution in [-0.2, 0) is 4.79 Å². The monoisotopic (exact) mass is 214 g/mol. The van der Waals surface area contributed by atoms with Crippen molar-refractivity contribution in [3.63, 3.8) is 0 Å². The van der Waals surface area contributed by atoms with Crippen LogP contribution >= 0.6 is 0 Å². The second-order valence-corrected chi connectivity index (χ2v) is 4.07. The van der Waals surface area contributed by atoms with Gasteiger partial charge in [-0.15, -0.1) is 0 Å². The molecule has 2 N–H and O–H groups in total. The summed E-state index contributed by atoms with van der Waals surface area (Å²) >= 11 is 0. The Morgan fingerprint density at radius 1 is 1.27 bits per heavy atom. The van der Waals surface area contributed by atoms with Crippen LogP contribution in [0.2, 0.25) is 0 Å². The molecule has 90 valence electrons. The van der Waals surface area contributed by atoms with Crippen molar-refractivity contribution in [3.8, 4) is 0 Å². The molecule has 0 aromatic carbocycles. The summed E-state index contributed by atoms with van der Waals surface area (Å²) in [5, 5.41) is 6.16. The summed E-state index contributed by atoms with van der Waals surface area (Å²) in [5.41, 5.74) is 0. The van der Waals surface area contributed by atoms with Gasteiger partial charge in [0.25, 0.3) is 0 Å². The van der Waals surface area contributed by atoms with Gasteiger partial charge in [-0.1, -0.05) is 33.1 Å². The van der Waals surface area contributed by atoms with Crippen LogP contribution in [0.5, 0.6) is 0 Å². The summed E-state index contributed by atoms with van der Waals surface area (Å²) < 4.78 is 0. The van der Waals surface area contributed by atoms with Crippen molar-refractivity contribution in [2.75, 3.05) is 13.1 Å². The highest BCUT2D eigenvalue weighted by molar-refractivity contribution is 5.76. The van der Waals surface area contributed by atoms with Gasteiger partial charge in [0.2, 0.25) is 5.91 Å². The summed E-state index contributed by atoms with van der Waals surface area (Å²) in [7, 11) is 0. The van der Waals surface area contributed by atoms with E-state index in [9.17, 15) is 4.79 Å². The molecule has 1 unspecified atom stereocenters. The van der Waals surface area contributed by atoms with Crippen molar-refractivity contribution in [2.24, 2.45) is 0 Å². The highest BCUT2D eigenvalue weighted by atomic mass is 16.1. The van der Waals surface area contributed by atoms with Gasteiger partial charge in [-0.3, -0.25) is 4.79 Å². The van der Waals surface area contributed by atoms with Gasteiger partial charge in [0, 0.05) is 19.0 Å². The summed E-state index contributed by atoms with van der Waals surface area (Å²) in [6.07, 6.45) is 5.40. The minimum absolute atomic E-state index is 0.167. The normalized spacial score (nSPS) is 12.5. The summed E-state index contributed by atoms with van der Waals surface area (Å²) in [6, 6.07) is 0.325. The lowest BCUT2D eigenvalue weighted by atomic mass is 10.1. The van der Waals surface area contributed by atoms with Crippen LogP contribution in [0.4, 0.5) is 0 Å². The number of hydrogen-bond donors (Lipinski definition) is 2. The van der Waals surface area contributed by atoms with Gasteiger partial charge in [-0.05, 0) is 19.9 Å². The maximum absolute atomic E-state index is 11.4. The maximum atomic E-state index is 11.4. The first kappa shape index (κ1) is 14.4. The first-order valence-corrected chi connectivity index (χ1v) is 6.20. The average Bonchev–Trinajstić information content (AvgIpc) is 2.18. The third-order valence-electron chi connectivity index (χ3n) is 2.43. The zero-order valence-electron chi connectivity index (χ0n) is 10.4. The number of nitrogens with one attached hydrogen (secondary N) is 2. The predicted octanol–water partition coefficient (Wildman–Crippen LogP) is 2.07. The molecular weight excluding hydrogens is 188 g/mol. The molecule has 0 saturated heterocycles. The Hall–Kier alpha value is -0.570. The molecule has 0 aliphatic heterocycles. The molecule has 0 aliphatic carbocycles. The number of unbranched alkanes of at least 4 members (excludes halogenated alkanes) is 2. The first-order chi connectivity index (χ1) is 7.20. The topological polar surface area (TPSA) is 41.1 Å². The summed E-state index contributed by atoms with van der Waals surface area (Å²) in [4.78, 5) is 11.4. The minimum Gasteiger partial charge on any atom is -0.354 e. The number of amides is 1. The van der Waals surface area contributed by atoms with Gasteiger partial charge >= 0.3 is 0 Å². The van der Waals surface area contributed by atoms with E-state index >= 15 is 0 Å². The quantitative estimate of drug-likeness (QED) is 0.577. The molecule has 0 heterocycles. The minimum atomic E-state index is 0.167. The van der Waals surface area contributed by atoms with E-state index in [0.717, 1.165) is 19.5 Å². The molecule has 0 aromatic heterocycles. The molecule has 0 rings (SSSR count). The Labute approximate surface area is 94.0 Å². The number of carbonyl (C=O) groups excluding carboxylic acids is 1. The summed E-state index contributed by atoms with van der Waals surface area (Å²) in [5.74, 6) is 0.167. The van der Waals surface area contributed by atoms with E-state index in [-0.39, 0.29) is 5.91 Å². The van der Waals surface area contributed by atoms with E-state index in [1.807, 2.05) is 6.92 Å². The number of carbonyl (C=O) groups is 1. The van der Waals surface area contributed by atoms with Crippen LogP contribution in [0.15, 0.2) is 0 Å². The molecule has 1 atom stereocenters. The van der Waals surface area contributed by atoms with Crippen LogP contribution < -0.4 is 10.6 Å². The first-order valence-electron chi connectivity index (χ1n) is 6.20. The molecule has 1 amide bonds. The van der Waals surface area contributed by atoms with E-state index in [4.69, 9.17) is 0 Å². The molecule has 0 spiro atoms. The Morgan fingerprint density at radius 3 is 2.60 bits per heavy atom. The largest absolute Gasteiger partial charge is 0.354 e. The fraction of sp³-hybridized carbons (Fsp3) is 0.917. The molecular formula is C12H26N2O. The van der Waals surface area contributed by atoms with Gasteiger partial charge in [-0.2, -0.15) is 0 Å². The molecule has 3 nitrogen and oxygen atoms in total. The lowest BCUT2D eigenvalue weighted by Crippen LogP contribution is -2.34. The lowest BCUT2D eigenvalue weighted by Gasteiger charge is -2.13. The van der Waals surface area contributed by atoms with E-state index in [2.05, 4.69) is 24.5 Å². The van der Waals surface area contributed by atoms with Crippen molar-refractivity contribution in [1.29, 1.82) is 0 Å². The Balaban J connectivity index is 3.40. The number of hydrogen-bond acceptors (Lipinski definition) is 2. The molecule has 0 saturated carbocycles. The van der Waals surface area contributed by atoms with Gasteiger partial charge in [0.1, 0.15) is 0 Å². The standard InChI is InChI=1S/C12H26N2O/c1-4-6-7-8-11(3)14-12(15)9-10-13-5-2/h11,13H,4-10H2,1-3H3,(H,14,15). The van der Waals surface area contributed by atoms with E-state index < -0.39 is 0 Å². The van der Waals surface area contributed by atoms with Gasteiger partial charge in [-0.25, -0.2) is 0 Å². The third kappa shape index (κ3) is 9.73. The van der Waals surface area contributed by atoms with Crippen molar-refractivity contribution in [1.82, 2.24) is 10.6 Å². The Kier molecular flexibility index (Phi) is 9.59. The predicted molar refractivity (Wildman–Crippen MR) is 64.9 cm³/mol. The molecule has 0 fully saturated rings. The number of rotatable bonds is 9. The smallest absolute Gasteiger partial charge is 0.221 e. The fourth-order valence-electron chi connectivity index (χ4n) is 1.50. The average molecular weight is 214 g/mol. The zero-order valence-corrected chi connectivity index (χ0v) is 10.4. The highest BCUT2D eigenvalue weighted by Crippen LogP contribution is 2.02. The van der Waals surface area contributed by atoms with Crippen LogP contribution in [0.25, 0.3) is 0 Å². The Bertz CT molecular complexity index is 160. The molecule has 3 heteroatoms. The van der Waals surface area contributed by atoms with Gasteiger partial charge in [0.15, 0.2) is 0 Å². The third-order valence-corrected chi connectivity index (χ3v) is 2.43. The van der Waals surface area contributed by atoms with E-state index in [1.54, 1.807) is 0 Å². The zero-order chi connectivity index (χ0) is 11.5. The second kappa shape index (κ2) is 9.97. The van der Waals surface area contributed by atoms with Crippen molar-refractivity contribution in [3.05, 3.63) is 0 Å². The molecule has 0 aromatic rings. The lowest BCUT2D eigenvalue weighted by molar-refractivity contribution is -0.121. The van der Waals surface area contributed by atoms with Crippen molar-refractivity contribution in [2.45, 2.75) is 58.9 Å². The van der Waals surface area contributed by atoms with Gasteiger partial charge < -0.3 is 10.6 Å². The fourth-order valence-corrected chi connectivity index (χ4v) is 1.50. The van der Waals surface area contributed by atoms with Crippen LogP contribution in [0.3, 0.4) is 0 Å². The van der Waals surface area contributed by atoms with Crippen LogP contribution in [-0.4, -0.2) is 25.0 Å². The molecule has 15 heavy (non-hydrogen) atoms. The molecule has 0 bridgehead atoms. The van der Waals surface area contributed by atoms with E-state index in [0.29, 0.717) is 12.5 Å². The van der Waals surface area contributed by atoms with Gasteiger partial charge in [0.05, 0.1) is 0 Å². The SMILES string of the molecule is CCCCCC(C)NC(=O)CCNCC. The van der Waals surface area contributed by atoms with Crippen molar-refractivity contribution >= 4 is 5.91 Å². The summed E-state index contributed by atoms with van der Waals surface area (Å²) in [6.45, 7) is 8.04. The Morgan fingerprint density at radius 2 is 2.00 bits per heavy atom. The maximum Gasteiger partial charge on any atom is 0.221 e. The highest BCUT2D eigenvalue weighted by Gasteiger charge is 2.05. The van der Waals surface area contributed by atoms with Crippen molar-refractivity contribution < 1.29 is 4.79 Å².